The maximum atomic E-state index is 12.3. The Morgan fingerprint density at radius 2 is 1.50 bits per heavy atom. The number of hydrogen-bond donors (Lipinski definition) is 1. The number of aliphatic hydroxyl groups excluding tert-OH is 1. The van der Waals surface area contributed by atoms with E-state index in [0.717, 1.165) is 36.9 Å². The molecule has 5 rings (SSSR count). The summed E-state index contributed by atoms with van der Waals surface area (Å²) in [7, 11) is -1.67. The molecule has 2 aromatic heterocycles. The fraction of sp³-hybridized carbons (Fsp3) is 0.489. The van der Waals surface area contributed by atoms with Crippen LogP contribution in [-0.4, -0.2) is 28.9 Å². The quantitative estimate of drug-likeness (QED) is 0.0656. The molecule has 0 saturated carbocycles. The topological polar surface area (TPSA) is 63.1 Å². The average Bonchev–Trinajstić information content (AvgIpc) is 3.40. The number of allylic oxidation sites excluding steroid dienone is 2. The van der Waals surface area contributed by atoms with Crippen LogP contribution in [0.1, 0.15) is 85.8 Å². The van der Waals surface area contributed by atoms with Gasteiger partial charge in [-0.25, -0.2) is 4.98 Å². The van der Waals surface area contributed by atoms with E-state index < -0.39 is 19.9 Å². The van der Waals surface area contributed by atoms with Crippen molar-refractivity contribution in [1.29, 1.82) is 0 Å². The first-order valence-electron chi connectivity index (χ1n) is 20.0. The third kappa shape index (κ3) is 10.5. The van der Waals surface area contributed by atoms with E-state index in [2.05, 4.69) is 115 Å². The second-order valence-corrected chi connectivity index (χ2v) is 23.5. The molecule has 3 aromatic carbocycles. The number of aromatic nitrogens is 2. The fourth-order valence-corrected chi connectivity index (χ4v) is 10.2. The molecule has 4 nitrogen and oxygen atoms in total. The number of thiophene rings is 1. The zero-order chi connectivity index (χ0) is 40.7. The number of benzene rings is 3. The summed E-state index contributed by atoms with van der Waals surface area (Å²) >= 11 is 1.57. The predicted molar refractivity (Wildman–Crippen MR) is 225 cm³/mol. The van der Waals surface area contributed by atoms with E-state index in [9.17, 15) is 9.90 Å². The molecule has 2 heterocycles. The van der Waals surface area contributed by atoms with Crippen molar-refractivity contribution in [3.05, 3.63) is 78.3 Å². The van der Waals surface area contributed by atoms with Crippen molar-refractivity contribution >= 4 is 61.5 Å². The Morgan fingerprint density at radius 1 is 0.904 bits per heavy atom. The summed E-state index contributed by atoms with van der Waals surface area (Å²) in [5, 5.41) is 14.8. The van der Waals surface area contributed by atoms with E-state index >= 15 is 0 Å². The van der Waals surface area contributed by atoms with Crippen LogP contribution in [0.5, 0.6) is 0 Å². The largest absolute Gasteiger partial charge is 0.512 e. The van der Waals surface area contributed by atoms with Crippen molar-refractivity contribution in [3.8, 4) is 11.3 Å². The van der Waals surface area contributed by atoms with E-state index in [1.807, 2.05) is 45.0 Å². The minimum absolute atomic E-state index is 0. The van der Waals surface area contributed by atoms with Crippen molar-refractivity contribution in [1.82, 2.24) is 9.97 Å². The monoisotopic (exact) mass is 917 g/mol. The zero-order valence-corrected chi connectivity index (χ0v) is 37.9. The molecular formula is C45H61IrN2O2SSi-. The smallest absolute Gasteiger partial charge is 0.162 e. The predicted octanol–water partition coefficient (Wildman–Crippen LogP) is 12.4. The molecule has 0 unspecified atom stereocenters. The Kier molecular flexibility index (Phi) is 13.2. The van der Waals surface area contributed by atoms with Gasteiger partial charge in [0, 0.05) is 61.2 Å². The van der Waals surface area contributed by atoms with Gasteiger partial charge in [-0.3, -0.25) is 9.78 Å². The van der Waals surface area contributed by atoms with Crippen LogP contribution in [0.25, 0.3) is 42.3 Å². The summed E-state index contributed by atoms with van der Waals surface area (Å²) in [5.41, 5.74) is 2.48. The molecule has 0 aliphatic heterocycles. The second kappa shape index (κ2) is 17.6. The standard InChI is InChI=1S/C28H29N2SSi.C17H32O2.Ir/c1-28(2,3)16-18-11-12-22-23(13-18)31-27-25(29-17-30-26(22)27)20-14-19-9-7-8-10-21(19)24(15-20)32(4,5)6;1-10(2)16(11(3)4)14(18)9-15(19)17(12(5)6)13(7)8;/h7-13,15,17H,16H2,1-6H3;9-13,16-18H,1-8H3;/q-1;;/b;14-9-;/i16D2,17D;;. The average molecular weight is 917 g/mol. The number of carbonyl (C=O) groups is 1. The maximum absolute atomic E-state index is 12.3. The van der Waals surface area contributed by atoms with Crippen molar-refractivity contribution in [3.63, 3.8) is 0 Å². The molecule has 1 radical (unpaired) electrons. The number of hydrogen-bond acceptors (Lipinski definition) is 5. The molecule has 0 atom stereocenters. The van der Waals surface area contributed by atoms with Gasteiger partial charge in [0.15, 0.2) is 5.78 Å². The number of nitrogens with zero attached hydrogens (tertiary/aromatic N) is 2. The second-order valence-electron chi connectivity index (χ2n) is 17.4. The SMILES string of the molecule is CC(C)C(C(=O)/C=C(\O)C(C(C)C)C(C)C)C(C)C.[2H]c1nc(-c2[c-]c3ccccc3c([Si](C)(C)C)c2)c2sc3cc(C([2H])([2H])C(C)(C)C)ccc3c2n1.[Ir]. The molecule has 0 bridgehead atoms. The summed E-state index contributed by atoms with van der Waals surface area (Å²) in [5.74, 6) is 1.63. The van der Waals surface area contributed by atoms with Crippen LogP contribution in [0.4, 0.5) is 0 Å². The Labute approximate surface area is 336 Å². The van der Waals surface area contributed by atoms with Crippen molar-refractivity contribution in [2.75, 3.05) is 0 Å². The van der Waals surface area contributed by atoms with E-state index in [1.165, 1.54) is 16.6 Å². The molecule has 1 N–H and O–H groups in total. The van der Waals surface area contributed by atoms with E-state index in [-0.39, 0.29) is 49.8 Å². The van der Waals surface area contributed by atoms with E-state index in [1.54, 1.807) is 11.3 Å². The molecule has 0 aliphatic carbocycles. The van der Waals surface area contributed by atoms with E-state index in [0.29, 0.717) is 29.2 Å². The minimum atomic E-state index is -1.67. The van der Waals surface area contributed by atoms with Crippen molar-refractivity contribution in [2.24, 2.45) is 40.9 Å². The molecule has 7 heteroatoms. The van der Waals surface area contributed by atoms with Crippen LogP contribution in [0.3, 0.4) is 0 Å². The molecule has 0 saturated heterocycles. The number of fused-ring (bicyclic) bond motifs is 4. The number of carbonyl (C=O) groups excluding carboxylic acids is 1. The van der Waals surface area contributed by atoms with Crippen molar-refractivity contribution in [2.45, 2.75) is 102 Å². The minimum Gasteiger partial charge on any atom is -0.512 e. The van der Waals surface area contributed by atoms with Gasteiger partial charge in [0.2, 0.25) is 0 Å². The van der Waals surface area contributed by atoms with Crippen LogP contribution in [0, 0.1) is 47.0 Å². The van der Waals surface area contributed by atoms with Gasteiger partial charge in [0.1, 0.15) is 7.67 Å². The summed E-state index contributed by atoms with van der Waals surface area (Å²) < 4.78 is 27.7. The van der Waals surface area contributed by atoms with Crippen molar-refractivity contribution < 1.29 is 34.1 Å². The third-order valence-corrected chi connectivity index (χ3v) is 12.6. The fourth-order valence-electron chi connectivity index (χ4n) is 7.42. The molecule has 283 valence electrons. The third-order valence-electron chi connectivity index (χ3n) is 9.39. The normalized spacial score (nSPS) is 14.0. The Hall–Kier alpha value is -2.70. The van der Waals surface area contributed by atoms with E-state index in [4.69, 9.17) is 4.11 Å². The first-order valence-corrected chi connectivity index (χ1v) is 22.8. The van der Waals surface area contributed by atoms with Gasteiger partial charge < -0.3 is 5.11 Å². The van der Waals surface area contributed by atoms with Gasteiger partial charge in [0.05, 0.1) is 19.3 Å². The summed E-state index contributed by atoms with van der Waals surface area (Å²) in [4.78, 5) is 21.4. The van der Waals surface area contributed by atoms with Crippen LogP contribution in [0.2, 0.25) is 19.6 Å². The summed E-state index contributed by atoms with van der Waals surface area (Å²) in [6, 6.07) is 19.9. The van der Waals surface area contributed by atoms with Crippen LogP contribution >= 0.6 is 11.3 Å². The van der Waals surface area contributed by atoms with Crippen LogP contribution < -0.4 is 5.19 Å². The van der Waals surface area contributed by atoms with Crippen LogP contribution in [0.15, 0.2) is 66.7 Å². The van der Waals surface area contributed by atoms with Gasteiger partial charge in [-0.1, -0.05) is 137 Å². The Morgan fingerprint density at radius 3 is 2.06 bits per heavy atom. The van der Waals surface area contributed by atoms with Crippen LogP contribution in [-0.2, 0) is 31.3 Å². The number of aliphatic hydroxyl groups is 1. The van der Waals surface area contributed by atoms with Gasteiger partial charge in [-0.15, -0.1) is 40.1 Å². The number of rotatable bonds is 10. The Balaban J connectivity index is 0.000000349. The molecule has 0 amide bonds. The molecular weight excluding hydrogens is 853 g/mol. The van der Waals surface area contributed by atoms with Gasteiger partial charge in [-0.05, 0) is 47.1 Å². The molecule has 0 aliphatic rings. The molecule has 52 heavy (non-hydrogen) atoms. The van der Waals surface area contributed by atoms with Gasteiger partial charge in [-0.2, -0.15) is 0 Å². The first-order chi connectivity index (χ1) is 24.9. The maximum Gasteiger partial charge on any atom is 0.162 e. The number of ketones is 1. The van der Waals surface area contributed by atoms with Gasteiger partial charge >= 0.3 is 0 Å². The van der Waals surface area contributed by atoms with Gasteiger partial charge in [0.25, 0.3) is 0 Å². The summed E-state index contributed by atoms with van der Waals surface area (Å²) in [6.07, 6.45) is -0.0161. The molecule has 5 aromatic rings. The molecule has 0 fully saturated rings. The molecule has 0 spiro atoms. The Bertz CT molecular complexity index is 2150. The zero-order valence-electron chi connectivity index (χ0n) is 36.7. The summed E-state index contributed by atoms with van der Waals surface area (Å²) in [6.45, 7) is 29.4. The first kappa shape index (κ1) is 39.0.